The SMILES string of the molecule is CNC(=O)NC(=O)CCN1CCCC(C(=O)NCCN)C1. The Kier molecular flexibility index (Phi) is 7.70. The number of amides is 4. The van der Waals surface area contributed by atoms with Crippen LogP contribution in [0.3, 0.4) is 0 Å². The van der Waals surface area contributed by atoms with E-state index in [-0.39, 0.29) is 24.2 Å². The van der Waals surface area contributed by atoms with Crippen molar-refractivity contribution in [3.8, 4) is 0 Å². The summed E-state index contributed by atoms with van der Waals surface area (Å²) in [4.78, 5) is 36.5. The molecule has 1 heterocycles. The number of piperidine rings is 1. The highest BCUT2D eigenvalue weighted by Crippen LogP contribution is 2.16. The van der Waals surface area contributed by atoms with Crippen LogP contribution in [0.1, 0.15) is 19.3 Å². The summed E-state index contributed by atoms with van der Waals surface area (Å²) in [6.07, 6.45) is 2.03. The molecule has 21 heavy (non-hydrogen) atoms. The second-order valence-corrected chi connectivity index (χ2v) is 5.10. The van der Waals surface area contributed by atoms with Gasteiger partial charge in [-0.1, -0.05) is 0 Å². The molecule has 1 atom stereocenters. The van der Waals surface area contributed by atoms with E-state index in [4.69, 9.17) is 5.73 Å². The first-order valence-electron chi connectivity index (χ1n) is 7.28. The van der Waals surface area contributed by atoms with Gasteiger partial charge in [-0.05, 0) is 19.4 Å². The van der Waals surface area contributed by atoms with Crippen molar-refractivity contribution in [2.24, 2.45) is 11.7 Å². The number of nitrogens with two attached hydrogens (primary N) is 1. The molecule has 0 radical (unpaired) electrons. The average Bonchev–Trinajstić information content (AvgIpc) is 2.50. The highest BCUT2D eigenvalue weighted by atomic mass is 16.2. The maximum atomic E-state index is 11.9. The van der Waals surface area contributed by atoms with Crippen molar-refractivity contribution in [2.75, 3.05) is 39.8 Å². The number of rotatable bonds is 6. The number of hydrogen-bond acceptors (Lipinski definition) is 5. The summed E-state index contributed by atoms with van der Waals surface area (Å²) < 4.78 is 0. The number of carbonyl (C=O) groups excluding carboxylic acids is 3. The number of hydrogen-bond donors (Lipinski definition) is 4. The van der Waals surface area contributed by atoms with Crippen molar-refractivity contribution >= 4 is 17.8 Å². The van der Waals surface area contributed by atoms with E-state index < -0.39 is 6.03 Å². The number of likely N-dealkylation sites (tertiary alicyclic amines) is 1. The molecular formula is C13H25N5O3. The normalized spacial score (nSPS) is 18.9. The van der Waals surface area contributed by atoms with Crippen LogP contribution in [0.2, 0.25) is 0 Å². The van der Waals surface area contributed by atoms with Crippen molar-refractivity contribution in [3.63, 3.8) is 0 Å². The van der Waals surface area contributed by atoms with Gasteiger partial charge in [-0.25, -0.2) is 4.79 Å². The van der Waals surface area contributed by atoms with E-state index in [1.807, 2.05) is 0 Å². The third kappa shape index (κ3) is 6.54. The van der Waals surface area contributed by atoms with Crippen LogP contribution in [-0.2, 0) is 9.59 Å². The Hall–Kier alpha value is -1.67. The molecule has 0 saturated carbocycles. The molecule has 1 rings (SSSR count). The van der Waals surface area contributed by atoms with Gasteiger partial charge in [-0.3, -0.25) is 14.9 Å². The molecule has 1 unspecified atom stereocenters. The van der Waals surface area contributed by atoms with Crippen LogP contribution in [-0.4, -0.2) is 62.5 Å². The number of urea groups is 1. The highest BCUT2D eigenvalue weighted by molar-refractivity contribution is 5.94. The lowest BCUT2D eigenvalue weighted by Gasteiger charge is -2.31. The van der Waals surface area contributed by atoms with Crippen molar-refractivity contribution in [1.82, 2.24) is 20.9 Å². The molecule has 120 valence electrons. The zero-order valence-electron chi connectivity index (χ0n) is 12.5. The molecule has 0 aromatic rings. The van der Waals surface area contributed by atoms with Crippen molar-refractivity contribution in [1.29, 1.82) is 0 Å². The van der Waals surface area contributed by atoms with Gasteiger partial charge in [0, 0.05) is 39.6 Å². The molecule has 0 aromatic heterocycles. The van der Waals surface area contributed by atoms with Crippen molar-refractivity contribution in [2.45, 2.75) is 19.3 Å². The van der Waals surface area contributed by atoms with Gasteiger partial charge in [0.1, 0.15) is 0 Å². The predicted octanol–water partition coefficient (Wildman–Crippen LogP) is -1.38. The highest BCUT2D eigenvalue weighted by Gasteiger charge is 2.25. The Balaban J connectivity index is 2.31. The first-order valence-corrected chi connectivity index (χ1v) is 7.28. The molecule has 0 bridgehead atoms. The van der Waals surface area contributed by atoms with Gasteiger partial charge in [0.05, 0.1) is 5.92 Å². The first-order chi connectivity index (χ1) is 10.1. The third-order valence-corrected chi connectivity index (χ3v) is 3.45. The number of nitrogens with one attached hydrogen (secondary N) is 3. The summed E-state index contributed by atoms with van der Waals surface area (Å²) in [6.45, 7) is 2.98. The number of carbonyl (C=O) groups is 3. The summed E-state index contributed by atoms with van der Waals surface area (Å²) in [6, 6.07) is -0.502. The van der Waals surface area contributed by atoms with Crippen molar-refractivity contribution < 1.29 is 14.4 Å². The van der Waals surface area contributed by atoms with Gasteiger partial charge in [0.15, 0.2) is 0 Å². The van der Waals surface area contributed by atoms with E-state index in [1.165, 1.54) is 7.05 Å². The number of imide groups is 1. The fraction of sp³-hybridized carbons (Fsp3) is 0.769. The first kappa shape index (κ1) is 17.4. The lowest BCUT2D eigenvalue weighted by Crippen LogP contribution is -2.45. The van der Waals surface area contributed by atoms with Crippen LogP contribution in [0, 0.1) is 5.92 Å². The average molecular weight is 299 g/mol. The molecule has 8 heteroatoms. The summed E-state index contributed by atoms with van der Waals surface area (Å²) in [5.41, 5.74) is 5.36. The van der Waals surface area contributed by atoms with Crippen LogP contribution in [0.25, 0.3) is 0 Å². The van der Waals surface area contributed by atoms with E-state index in [2.05, 4.69) is 20.9 Å². The zero-order chi connectivity index (χ0) is 15.7. The number of nitrogens with zero attached hydrogens (tertiary/aromatic N) is 1. The molecule has 0 aromatic carbocycles. The topological polar surface area (TPSA) is 117 Å². The molecule has 5 N–H and O–H groups in total. The van der Waals surface area contributed by atoms with Crippen LogP contribution < -0.4 is 21.7 Å². The van der Waals surface area contributed by atoms with Gasteiger partial charge < -0.3 is 21.3 Å². The Bertz CT molecular complexity index is 375. The Morgan fingerprint density at radius 3 is 2.76 bits per heavy atom. The lowest BCUT2D eigenvalue weighted by atomic mass is 9.97. The smallest absolute Gasteiger partial charge is 0.321 e. The van der Waals surface area contributed by atoms with Crippen molar-refractivity contribution in [3.05, 3.63) is 0 Å². The van der Waals surface area contributed by atoms with Crippen LogP contribution in [0.15, 0.2) is 0 Å². The molecule has 0 aliphatic carbocycles. The molecule has 1 aliphatic heterocycles. The van der Waals surface area contributed by atoms with Crippen LogP contribution in [0.5, 0.6) is 0 Å². The third-order valence-electron chi connectivity index (χ3n) is 3.45. The maximum absolute atomic E-state index is 11.9. The quantitative estimate of drug-likeness (QED) is 0.482. The van der Waals surface area contributed by atoms with Crippen LogP contribution in [0.4, 0.5) is 4.79 Å². The largest absolute Gasteiger partial charge is 0.355 e. The van der Waals surface area contributed by atoms with E-state index in [0.29, 0.717) is 26.2 Å². The van der Waals surface area contributed by atoms with Gasteiger partial charge >= 0.3 is 6.03 Å². The van der Waals surface area contributed by atoms with E-state index in [1.54, 1.807) is 0 Å². The van der Waals surface area contributed by atoms with Gasteiger partial charge in [-0.15, -0.1) is 0 Å². The fourth-order valence-corrected chi connectivity index (χ4v) is 2.32. The maximum Gasteiger partial charge on any atom is 0.321 e. The molecule has 8 nitrogen and oxygen atoms in total. The summed E-state index contributed by atoms with van der Waals surface area (Å²) >= 11 is 0. The second kappa shape index (κ2) is 9.30. The molecule has 0 spiro atoms. The standard InChI is InChI=1S/C13H25N5O3/c1-15-13(21)17-11(19)4-8-18-7-2-3-10(9-18)12(20)16-6-5-14/h10H,2-9,14H2,1H3,(H,16,20)(H2,15,17,19,21). The Morgan fingerprint density at radius 2 is 2.10 bits per heavy atom. The molecule has 1 saturated heterocycles. The zero-order valence-corrected chi connectivity index (χ0v) is 12.5. The summed E-state index contributed by atoms with van der Waals surface area (Å²) in [5.74, 6) is -0.337. The van der Waals surface area contributed by atoms with E-state index >= 15 is 0 Å². The summed E-state index contributed by atoms with van der Waals surface area (Å²) in [5, 5.41) is 7.35. The van der Waals surface area contributed by atoms with Gasteiger partial charge in [0.2, 0.25) is 11.8 Å². The Labute approximate surface area is 124 Å². The van der Waals surface area contributed by atoms with E-state index in [0.717, 1.165) is 19.4 Å². The Morgan fingerprint density at radius 1 is 1.33 bits per heavy atom. The van der Waals surface area contributed by atoms with Crippen LogP contribution >= 0.6 is 0 Å². The second-order valence-electron chi connectivity index (χ2n) is 5.10. The van der Waals surface area contributed by atoms with Gasteiger partial charge in [-0.2, -0.15) is 0 Å². The minimum Gasteiger partial charge on any atom is -0.355 e. The predicted molar refractivity (Wildman–Crippen MR) is 78.4 cm³/mol. The van der Waals surface area contributed by atoms with E-state index in [9.17, 15) is 14.4 Å². The lowest BCUT2D eigenvalue weighted by molar-refractivity contribution is -0.126. The molecular weight excluding hydrogens is 274 g/mol. The molecule has 1 aliphatic rings. The summed E-state index contributed by atoms with van der Waals surface area (Å²) in [7, 11) is 1.46. The minimum absolute atomic E-state index is 0.0277. The monoisotopic (exact) mass is 299 g/mol. The molecule has 4 amide bonds. The fourth-order valence-electron chi connectivity index (χ4n) is 2.32. The molecule has 1 fully saturated rings. The minimum atomic E-state index is -0.502. The van der Waals surface area contributed by atoms with Gasteiger partial charge in [0.25, 0.3) is 0 Å².